The number of ether oxygens (including phenoxy) is 2. The van der Waals surface area contributed by atoms with Crippen molar-refractivity contribution >= 4 is 17.1 Å². The van der Waals surface area contributed by atoms with Crippen LogP contribution in [0.1, 0.15) is 30.8 Å². The monoisotopic (exact) mass is 293 g/mol. The molecule has 0 aromatic heterocycles. The Hall–Kier alpha value is -2.19. The second-order valence-electron chi connectivity index (χ2n) is 5.20. The Balaban J connectivity index is 1.90. The summed E-state index contributed by atoms with van der Waals surface area (Å²) in [5, 5.41) is 0. The Bertz CT molecular complexity index is 682. The lowest BCUT2D eigenvalue weighted by atomic mass is 10.1. The largest absolute Gasteiger partial charge is 0.348 e. The van der Waals surface area contributed by atoms with Crippen LogP contribution in [0, 0.1) is 0 Å². The smallest absolute Gasteiger partial charge is 0.185 e. The minimum Gasteiger partial charge on any atom is -0.348 e. The van der Waals surface area contributed by atoms with E-state index in [4.69, 9.17) is 9.47 Å². The van der Waals surface area contributed by atoms with Crippen molar-refractivity contribution in [2.24, 2.45) is 4.99 Å². The van der Waals surface area contributed by atoms with Gasteiger partial charge < -0.3 is 9.47 Å². The molecule has 3 rings (SSSR count). The maximum atomic E-state index is 5.68. The Kier molecular flexibility index (Phi) is 4.81. The van der Waals surface area contributed by atoms with E-state index in [2.05, 4.69) is 23.0 Å². The molecule has 0 spiro atoms. The standard InChI is InChI=1S/C19H19NO2/c1-15(16-8-3-2-4-9-16)14-20-18-11-6-5-10-17(18)19-21-12-7-13-22-19/h2-6,8-11,19H,7,12-13H2,1H3. The lowest BCUT2D eigenvalue weighted by molar-refractivity contribution is -0.182. The lowest BCUT2D eigenvalue weighted by Gasteiger charge is -2.24. The number of allylic oxidation sites excluding steroid dienone is 1. The molecule has 0 saturated carbocycles. The molecule has 3 nitrogen and oxygen atoms in total. The van der Waals surface area contributed by atoms with Gasteiger partial charge in [-0.2, -0.15) is 0 Å². The molecular formula is C19H19NO2. The predicted molar refractivity (Wildman–Crippen MR) is 88.3 cm³/mol. The summed E-state index contributed by atoms with van der Waals surface area (Å²) in [7, 11) is 0. The van der Waals surface area contributed by atoms with Crippen molar-refractivity contribution in [3.05, 3.63) is 65.7 Å². The van der Waals surface area contributed by atoms with Gasteiger partial charge in [-0.15, -0.1) is 0 Å². The zero-order chi connectivity index (χ0) is 15.2. The van der Waals surface area contributed by atoms with Crippen LogP contribution >= 0.6 is 0 Å². The van der Waals surface area contributed by atoms with E-state index in [0.29, 0.717) is 0 Å². The first-order valence-electron chi connectivity index (χ1n) is 7.52. The van der Waals surface area contributed by atoms with E-state index < -0.39 is 0 Å². The lowest BCUT2D eigenvalue weighted by Crippen LogP contribution is -2.17. The molecule has 0 amide bonds. The Labute approximate surface area is 130 Å². The van der Waals surface area contributed by atoms with Crippen molar-refractivity contribution < 1.29 is 9.47 Å². The fraction of sp³-hybridized carbons (Fsp3) is 0.263. The fourth-order valence-corrected chi connectivity index (χ4v) is 2.35. The van der Waals surface area contributed by atoms with Crippen LogP contribution in [0.2, 0.25) is 0 Å². The average Bonchev–Trinajstić information content (AvgIpc) is 2.61. The van der Waals surface area contributed by atoms with Crippen LogP contribution < -0.4 is 0 Å². The fourth-order valence-electron chi connectivity index (χ4n) is 2.35. The first kappa shape index (κ1) is 14.7. The van der Waals surface area contributed by atoms with Gasteiger partial charge in [0.15, 0.2) is 6.29 Å². The number of aliphatic imine (C=N–C) groups is 1. The Morgan fingerprint density at radius 3 is 2.45 bits per heavy atom. The van der Waals surface area contributed by atoms with Gasteiger partial charge in [-0.25, -0.2) is 4.99 Å². The van der Waals surface area contributed by atoms with Gasteiger partial charge in [0.05, 0.1) is 18.9 Å². The van der Waals surface area contributed by atoms with E-state index in [1.807, 2.05) is 49.4 Å². The maximum Gasteiger partial charge on any atom is 0.185 e. The molecule has 2 aromatic rings. The molecule has 2 aromatic carbocycles. The molecule has 0 bridgehead atoms. The van der Waals surface area contributed by atoms with E-state index in [0.717, 1.165) is 42.0 Å². The van der Waals surface area contributed by atoms with E-state index in [1.165, 1.54) is 0 Å². The van der Waals surface area contributed by atoms with E-state index in [1.54, 1.807) is 0 Å². The van der Waals surface area contributed by atoms with Crippen molar-refractivity contribution in [3.63, 3.8) is 0 Å². The van der Waals surface area contributed by atoms with Gasteiger partial charge in [0.1, 0.15) is 0 Å². The molecule has 1 aliphatic rings. The average molecular weight is 293 g/mol. The maximum absolute atomic E-state index is 5.68. The molecule has 1 aliphatic heterocycles. The van der Waals surface area contributed by atoms with Crippen LogP contribution in [0.15, 0.2) is 59.6 Å². The molecular weight excluding hydrogens is 274 g/mol. The quantitative estimate of drug-likeness (QED) is 0.779. The molecule has 0 radical (unpaired) electrons. The second kappa shape index (κ2) is 7.19. The molecule has 22 heavy (non-hydrogen) atoms. The normalized spacial score (nSPS) is 15.1. The number of hydrogen-bond acceptors (Lipinski definition) is 3. The van der Waals surface area contributed by atoms with Gasteiger partial charge in [0.2, 0.25) is 0 Å². The molecule has 0 atom stereocenters. The number of rotatable bonds is 3. The van der Waals surface area contributed by atoms with Crippen LogP contribution in [0.4, 0.5) is 5.69 Å². The highest BCUT2D eigenvalue weighted by Gasteiger charge is 2.19. The van der Waals surface area contributed by atoms with Crippen LogP contribution in [0.25, 0.3) is 5.57 Å². The van der Waals surface area contributed by atoms with E-state index >= 15 is 0 Å². The minimum absolute atomic E-state index is 0.326. The van der Waals surface area contributed by atoms with Crippen molar-refractivity contribution in [3.8, 4) is 0 Å². The Morgan fingerprint density at radius 1 is 1.00 bits per heavy atom. The van der Waals surface area contributed by atoms with Gasteiger partial charge in [0, 0.05) is 11.1 Å². The third kappa shape index (κ3) is 3.52. The van der Waals surface area contributed by atoms with Crippen LogP contribution in [0.5, 0.6) is 0 Å². The van der Waals surface area contributed by atoms with Gasteiger partial charge in [-0.3, -0.25) is 0 Å². The third-order valence-electron chi connectivity index (χ3n) is 3.57. The summed E-state index contributed by atoms with van der Waals surface area (Å²) >= 11 is 0. The van der Waals surface area contributed by atoms with Crippen molar-refractivity contribution in [2.75, 3.05) is 13.2 Å². The van der Waals surface area contributed by atoms with Gasteiger partial charge in [0.25, 0.3) is 0 Å². The summed E-state index contributed by atoms with van der Waals surface area (Å²) in [6, 6.07) is 18.0. The zero-order valence-corrected chi connectivity index (χ0v) is 12.7. The summed E-state index contributed by atoms with van der Waals surface area (Å²) in [5.41, 5.74) is 3.91. The number of benzene rings is 2. The minimum atomic E-state index is -0.326. The number of nitrogens with zero attached hydrogens (tertiary/aromatic N) is 1. The summed E-state index contributed by atoms with van der Waals surface area (Å²) in [4.78, 5) is 4.51. The summed E-state index contributed by atoms with van der Waals surface area (Å²) < 4.78 is 11.4. The summed E-state index contributed by atoms with van der Waals surface area (Å²) in [6.07, 6.45) is 0.613. The third-order valence-corrected chi connectivity index (χ3v) is 3.57. The highest BCUT2D eigenvalue weighted by atomic mass is 16.7. The molecule has 1 heterocycles. The van der Waals surface area contributed by atoms with Crippen LogP contribution in [-0.2, 0) is 9.47 Å². The summed E-state index contributed by atoms with van der Waals surface area (Å²) in [5.74, 6) is 3.13. The molecule has 3 heteroatoms. The van der Waals surface area contributed by atoms with Crippen molar-refractivity contribution in [2.45, 2.75) is 19.6 Å². The molecule has 0 aliphatic carbocycles. The topological polar surface area (TPSA) is 30.8 Å². The zero-order valence-electron chi connectivity index (χ0n) is 12.7. The van der Waals surface area contributed by atoms with E-state index in [-0.39, 0.29) is 6.29 Å². The highest BCUT2D eigenvalue weighted by Crippen LogP contribution is 2.30. The molecule has 1 fully saturated rings. The van der Waals surface area contributed by atoms with Crippen LogP contribution in [0.3, 0.4) is 0 Å². The van der Waals surface area contributed by atoms with Gasteiger partial charge in [-0.1, -0.05) is 48.5 Å². The SMILES string of the molecule is CC(=C=Nc1ccccc1C1OCCCO1)c1ccccc1. The summed E-state index contributed by atoms with van der Waals surface area (Å²) in [6.45, 7) is 3.46. The number of hydrogen-bond donors (Lipinski definition) is 0. The highest BCUT2D eigenvalue weighted by molar-refractivity contribution is 5.89. The van der Waals surface area contributed by atoms with Gasteiger partial charge >= 0.3 is 0 Å². The first-order chi connectivity index (χ1) is 10.8. The molecule has 0 unspecified atom stereocenters. The van der Waals surface area contributed by atoms with Crippen molar-refractivity contribution in [1.82, 2.24) is 0 Å². The van der Waals surface area contributed by atoms with Crippen molar-refractivity contribution in [1.29, 1.82) is 0 Å². The predicted octanol–water partition coefficient (Wildman–Crippen LogP) is 4.53. The van der Waals surface area contributed by atoms with E-state index in [9.17, 15) is 0 Å². The number of para-hydroxylation sites is 1. The molecule has 112 valence electrons. The molecule has 1 saturated heterocycles. The van der Waals surface area contributed by atoms with Gasteiger partial charge in [-0.05, 0) is 30.8 Å². The molecule has 0 N–H and O–H groups in total. The second-order valence-corrected chi connectivity index (χ2v) is 5.20. The van der Waals surface area contributed by atoms with Crippen LogP contribution in [-0.4, -0.2) is 19.1 Å². The first-order valence-corrected chi connectivity index (χ1v) is 7.52. The Morgan fingerprint density at radius 2 is 1.68 bits per heavy atom.